The van der Waals surface area contributed by atoms with Gasteiger partial charge in [0.05, 0.1) is 16.8 Å². The highest BCUT2D eigenvalue weighted by Crippen LogP contribution is 2.24. The fourth-order valence-electron chi connectivity index (χ4n) is 2.74. The van der Waals surface area contributed by atoms with Gasteiger partial charge in [0, 0.05) is 24.4 Å². The van der Waals surface area contributed by atoms with Crippen LogP contribution in [-0.4, -0.2) is 35.3 Å². The van der Waals surface area contributed by atoms with E-state index in [1.165, 1.54) is 10.6 Å². The van der Waals surface area contributed by atoms with Crippen LogP contribution in [0.2, 0.25) is 0 Å². The maximum atomic E-state index is 11.7. The van der Waals surface area contributed by atoms with E-state index in [1.54, 1.807) is 11.3 Å². The van der Waals surface area contributed by atoms with Crippen molar-refractivity contribution in [3.05, 3.63) is 15.6 Å². The lowest BCUT2D eigenvalue weighted by atomic mass is 10.1. The fraction of sp³-hybridized carbons (Fsp3) is 0.733. The molecule has 21 heavy (non-hydrogen) atoms. The molecule has 1 saturated carbocycles. The number of carbonyl (C=O) groups excluding carboxylic acids is 1. The number of urea groups is 1. The average molecular weight is 311 g/mol. The van der Waals surface area contributed by atoms with E-state index in [9.17, 15) is 9.90 Å². The number of hydrogen-bond donors (Lipinski definition) is 3. The van der Waals surface area contributed by atoms with E-state index in [-0.39, 0.29) is 12.1 Å². The van der Waals surface area contributed by atoms with Gasteiger partial charge in [-0.2, -0.15) is 0 Å². The summed E-state index contributed by atoms with van der Waals surface area (Å²) in [7, 11) is 0. The lowest BCUT2D eigenvalue weighted by Gasteiger charge is -2.11. The van der Waals surface area contributed by atoms with Crippen molar-refractivity contribution in [2.75, 3.05) is 13.1 Å². The number of aliphatic hydroxyl groups is 1. The molecule has 0 aromatic carbocycles. The molecule has 2 amide bonds. The van der Waals surface area contributed by atoms with Crippen LogP contribution >= 0.6 is 11.3 Å². The third-order valence-corrected chi connectivity index (χ3v) is 5.03. The number of amides is 2. The van der Waals surface area contributed by atoms with E-state index >= 15 is 0 Å². The number of thiazole rings is 1. The average Bonchev–Trinajstić information content (AvgIpc) is 3.02. The van der Waals surface area contributed by atoms with Gasteiger partial charge in [0.2, 0.25) is 0 Å². The van der Waals surface area contributed by atoms with Crippen LogP contribution in [0.15, 0.2) is 0 Å². The second-order valence-electron chi connectivity index (χ2n) is 5.68. The van der Waals surface area contributed by atoms with Gasteiger partial charge in [0.15, 0.2) is 0 Å². The zero-order chi connectivity index (χ0) is 15.2. The summed E-state index contributed by atoms with van der Waals surface area (Å²) in [5.41, 5.74) is 1.17. The minimum atomic E-state index is -0.180. The Bertz CT molecular complexity index is 475. The summed E-state index contributed by atoms with van der Waals surface area (Å²) in [6.07, 6.45) is 4.22. The Hall–Kier alpha value is -1.14. The van der Waals surface area contributed by atoms with Crippen LogP contribution in [-0.2, 0) is 12.8 Å². The van der Waals surface area contributed by atoms with Crippen LogP contribution in [0.4, 0.5) is 4.79 Å². The predicted octanol–water partition coefficient (Wildman–Crippen LogP) is 2.02. The van der Waals surface area contributed by atoms with Crippen LogP contribution < -0.4 is 10.6 Å². The van der Waals surface area contributed by atoms with Crippen molar-refractivity contribution >= 4 is 17.4 Å². The van der Waals surface area contributed by atoms with Crippen molar-refractivity contribution in [3.63, 3.8) is 0 Å². The molecule has 0 aliphatic heterocycles. The van der Waals surface area contributed by atoms with Crippen LogP contribution in [0.25, 0.3) is 0 Å². The third-order valence-electron chi connectivity index (χ3n) is 3.96. The van der Waals surface area contributed by atoms with E-state index in [0.29, 0.717) is 19.0 Å². The zero-order valence-corrected chi connectivity index (χ0v) is 13.6. The molecule has 1 aromatic heterocycles. The molecular weight excluding hydrogens is 286 g/mol. The van der Waals surface area contributed by atoms with Gasteiger partial charge in [-0.15, -0.1) is 11.3 Å². The molecule has 1 aromatic rings. The highest BCUT2D eigenvalue weighted by Gasteiger charge is 2.22. The first kappa shape index (κ1) is 16.2. The second-order valence-corrected chi connectivity index (χ2v) is 6.97. The van der Waals surface area contributed by atoms with E-state index in [0.717, 1.165) is 37.1 Å². The Morgan fingerprint density at radius 3 is 2.86 bits per heavy atom. The van der Waals surface area contributed by atoms with Crippen molar-refractivity contribution in [2.45, 2.75) is 52.1 Å². The minimum absolute atomic E-state index is 0.125. The number of carbonyl (C=O) groups is 1. The molecule has 118 valence electrons. The number of rotatable bonds is 6. The lowest BCUT2D eigenvalue weighted by Crippen LogP contribution is -2.38. The van der Waals surface area contributed by atoms with Crippen molar-refractivity contribution in [1.29, 1.82) is 0 Å². The zero-order valence-electron chi connectivity index (χ0n) is 12.8. The van der Waals surface area contributed by atoms with Gasteiger partial charge in [0.1, 0.15) is 0 Å². The first-order chi connectivity index (χ1) is 10.1. The topological polar surface area (TPSA) is 74.2 Å². The number of aryl methyl sites for hydroxylation is 2. The van der Waals surface area contributed by atoms with E-state index in [4.69, 9.17) is 0 Å². The summed E-state index contributed by atoms with van der Waals surface area (Å²) in [6.45, 7) is 5.46. The molecule has 1 heterocycles. The summed E-state index contributed by atoms with van der Waals surface area (Å²) in [6, 6.07) is -0.125. The first-order valence-electron chi connectivity index (χ1n) is 7.73. The highest BCUT2D eigenvalue weighted by atomic mass is 32.1. The van der Waals surface area contributed by atoms with Crippen molar-refractivity contribution in [1.82, 2.24) is 15.6 Å². The number of nitrogens with zero attached hydrogens (tertiary/aromatic N) is 1. The largest absolute Gasteiger partial charge is 0.393 e. The SMILES string of the molecule is CCc1nc(CCNC(=O)NC[C@H]2CC[C@@H](O)C2)sc1C. The Morgan fingerprint density at radius 2 is 2.24 bits per heavy atom. The summed E-state index contributed by atoms with van der Waals surface area (Å²) in [4.78, 5) is 17.5. The van der Waals surface area contributed by atoms with E-state index in [1.807, 2.05) is 0 Å². The van der Waals surface area contributed by atoms with Gasteiger partial charge in [0.25, 0.3) is 0 Å². The van der Waals surface area contributed by atoms with E-state index < -0.39 is 0 Å². The van der Waals surface area contributed by atoms with Crippen LogP contribution in [0.5, 0.6) is 0 Å². The highest BCUT2D eigenvalue weighted by molar-refractivity contribution is 7.11. The van der Waals surface area contributed by atoms with Crippen molar-refractivity contribution < 1.29 is 9.90 Å². The summed E-state index contributed by atoms with van der Waals surface area (Å²) < 4.78 is 0. The quantitative estimate of drug-likeness (QED) is 0.752. The molecule has 1 fully saturated rings. The van der Waals surface area contributed by atoms with Crippen LogP contribution in [0.1, 0.15) is 41.8 Å². The van der Waals surface area contributed by atoms with Gasteiger partial charge >= 0.3 is 6.03 Å². The molecule has 3 N–H and O–H groups in total. The first-order valence-corrected chi connectivity index (χ1v) is 8.55. The Morgan fingerprint density at radius 1 is 1.43 bits per heavy atom. The smallest absolute Gasteiger partial charge is 0.314 e. The molecule has 0 bridgehead atoms. The number of nitrogens with one attached hydrogen (secondary N) is 2. The molecule has 0 radical (unpaired) electrons. The maximum absolute atomic E-state index is 11.7. The minimum Gasteiger partial charge on any atom is -0.393 e. The Kier molecular flexibility index (Phi) is 5.99. The monoisotopic (exact) mass is 311 g/mol. The summed E-state index contributed by atoms with van der Waals surface area (Å²) in [5, 5.41) is 16.3. The van der Waals surface area contributed by atoms with Gasteiger partial charge < -0.3 is 15.7 Å². The lowest BCUT2D eigenvalue weighted by molar-refractivity contribution is 0.177. The molecule has 1 aliphatic rings. The number of aromatic nitrogens is 1. The molecular formula is C15H25N3O2S. The Labute approximate surface area is 130 Å². The molecule has 2 atom stereocenters. The molecule has 1 aliphatic carbocycles. The molecule has 6 heteroatoms. The van der Waals surface area contributed by atoms with Gasteiger partial charge in [-0.05, 0) is 38.5 Å². The van der Waals surface area contributed by atoms with Gasteiger partial charge in [-0.1, -0.05) is 6.92 Å². The normalized spacial score (nSPS) is 21.5. The molecule has 2 rings (SSSR count). The summed E-state index contributed by atoms with van der Waals surface area (Å²) >= 11 is 1.71. The third kappa shape index (κ3) is 4.97. The number of hydrogen-bond acceptors (Lipinski definition) is 4. The van der Waals surface area contributed by atoms with Crippen LogP contribution in [0.3, 0.4) is 0 Å². The standard InChI is InChI=1S/C15H25N3O2S/c1-3-13-10(2)21-14(18-13)6-7-16-15(20)17-9-11-4-5-12(19)8-11/h11-12,19H,3-9H2,1-2H3,(H2,16,17,20)/t11-,12+/m0/s1. The molecule has 5 nitrogen and oxygen atoms in total. The van der Waals surface area contributed by atoms with Gasteiger partial charge in [-0.25, -0.2) is 9.78 Å². The summed E-state index contributed by atoms with van der Waals surface area (Å²) in [5.74, 6) is 0.416. The molecule has 0 saturated heterocycles. The van der Waals surface area contributed by atoms with Crippen LogP contribution in [0, 0.1) is 12.8 Å². The van der Waals surface area contributed by atoms with Crippen molar-refractivity contribution in [2.24, 2.45) is 5.92 Å². The molecule has 0 unspecified atom stereocenters. The van der Waals surface area contributed by atoms with Crippen molar-refractivity contribution in [3.8, 4) is 0 Å². The Balaban J connectivity index is 1.62. The predicted molar refractivity (Wildman–Crippen MR) is 84.7 cm³/mol. The number of aliphatic hydroxyl groups excluding tert-OH is 1. The second kappa shape index (κ2) is 7.75. The maximum Gasteiger partial charge on any atom is 0.314 e. The molecule has 0 spiro atoms. The van der Waals surface area contributed by atoms with E-state index in [2.05, 4.69) is 29.5 Å². The fourth-order valence-corrected chi connectivity index (χ4v) is 3.76. The van der Waals surface area contributed by atoms with Gasteiger partial charge in [-0.3, -0.25) is 0 Å².